The van der Waals surface area contributed by atoms with E-state index < -0.39 is 5.97 Å². The summed E-state index contributed by atoms with van der Waals surface area (Å²) in [5, 5.41) is 9.68. The van der Waals surface area contributed by atoms with E-state index in [1.807, 2.05) is 6.92 Å². The Morgan fingerprint density at radius 2 is 2.36 bits per heavy atom. The molecule has 0 aliphatic rings. The standard InChI is InChI=1S/C9H8N2O2S/c1-4-6-5(10)2-3-11-7(6)8(14-4)9(12)13/h2-3H,10H2,1H3,(H,12,13). The summed E-state index contributed by atoms with van der Waals surface area (Å²) in [5.41, 5.74) is 6.81. The lowest BCUT2D eigenvalue weighted by Crippen LogP contribution is -1.94. The van der Waals surface area contributed by atoms with Gasteiger partial charge in [0.25, 0.3) is 0 Å². The number of pyridine rings is 1. The number of aryl methyl sites for hydroxylation is 1. The molecule has 0 saturated carbocycles. The van der Waals surface area contributed by atoms with Crippen molar-refractivity contribution in [3.05, 3.63) is 22.0 Å². The number of aromatic nitrogens is 1. The van der Waals surface area contributed by atoms with Gasteiger partial charge in [0.15, 0.2) is 0 Å². The topological polar surface area (TPSA) is 76.2 Å². The number of carboxylic acid groups (broad SMARTS) is 1. The van der Waals surface area contributed by atoms with Crippen LogP contribution in [-0.2, 0) is 0 Å². The summed E-state index contributed by atoms with van der Waals surface area (Å²) < 4.78 is 0. The van der Waals surface area contributed by atoms with Crippen LogP contribution in [-0.4, -0.2) is 16.1 Å². The fraction of sp³-hybridized carbons (Fsp3) is 0.111. The van der Waals surface area contributed by atoms with Crippen molar-refractivity contribution < 1.29 is 9.90 Å². The molecule has 0 saturated heterocycles. The zero-order valence-electron chi connectivity index (χ0n) is 7.44. The van der Waals surface area contributed by atoms with Crippen molar-refractivity contribution in [3.63, 3.8) is 0 Å². The molecule has 0 spiro atoms. The average molecular weight is 208 g/mol. The van der Waals surface area contributed by atoms with Crippen molar-refractivity contribution in [3.8, 4) is 0 Å². The van der Waals surface area contributed by atoms with Gasteiger partial charge in [0.05, 0.1) is 5.52 Å². The summed E-state index contributed by atoms with van der Waals surface area (Å²) >= 11 is 1.21. The number of hydrogen-bond donors (Lipinski definition) is 2. The molecule has 0 fully saturated rings. The number of thiophene rings is 1. The lowest BCUT2D eigenvalue weighted by molar-refractivity contribution is 0.0704. The highest BCUT2D eigenvalue weighted by molar-refractivity contribution is 7.15. The number of carbonyl (C=O) groups is 1. The quantitative estimate of drug-likeness (QED) is 0.750. The molecule has 0 unspecified atom stereocenters. The van der Waals surface area contributed by atoms with Crippen LogP contribution in [0, 0.1) is 6.92 Å². The van der Waals surface area contributed by atoms with Gasteiger partial charge in [-0.25, -0.2) is 4.79 Å². The number of aromatic carboxylic acids is 1. The summed E-state index contributed by atoms with van der Waals surface area (Å²) in [7, 11) is 0. The summed E-state index contributed by atoms with van der Waals surface area (Å²) in [6.45, 7) is 1.84. The number of anilines is 1. The maximum atomic E-state index is 10.9. The van der Waals surface area contributed by atoms with E-state index >= 15 is 0 Å². The summed E-state index contributed by atoms with van der Waals surface area (Å²) in [6, 6.07) is 1.67. The predicted molar refractivity (Wildman–Crippen MR) is 55.7 cm³/mol. The van der Waals surface area contributed by atoms with E-state index in [1.165, 1.54) is 17.5 Å². The molecule has 72 valence electrons. The SMILES string of the molecule is Cc1sc(C(=O)O)c2nccc(N)c12. The van der Waals surface area contributed by atoms with Gasteiger partial charge in [-0.15, -0.1) is 11.3 Å². The van der Waals surface area contributed by atoms with Gasteiger partial charge in [-0.1, -0.05) is 0 Å². The van der Waals surface area contributed by atoms with Gasteiger partial charge in [0.1, 0.15) is 4.88 Å². The van der Waals surface area contributed by atoms with E-state index in [-0.39, 0.29) is 4.88 Å². The van der Waals surface area contributed by atoms with Crippen LogP contribution in [0.2, 0.25) is 0 Å². The Bertz CT molecular complexity index is 519. The van der Waals surface area contributed by atoms with Crippen molar-refractivity contribution in [2.75, 3.05) is 5.73 Å². The van der Waals surface area contributed by atoms with Crippen molar-refractivity contribution in [2.45, 2.75) is 6.92 Å². The van der Waals surface area contributed by atoms with E-state index in [4.69, 9.17) is 10.8 Å². The molecular formula is C9H8N2O2S. The summed E-state index contributed by atoms with van der Waals surface area (Å²) in [6.07, 6.45) is 1.52. The first kappa shape index (κ1) is 8.96. The van der Waals surface area contributed by atoms with Gasteiger partial charge in [-0.3, -0.25) is 4.98 Å². The van der Waals surface area contributed by atoms with Crippen LogP contribution in [0.1, 0.15) is 14.5 Å². The molecule has 0 aliphatic carbocycles. The number of hydrogen-bond acceptors (Lipinski definition) is 4. The number of carboxylic acids is 1. The Labute approximate surface area is 84.0 Å². The first-order chi connectivity index (χ1) is 6.61. The second kappa shape index (κ2) is 2.95. The minimum absolute atomic E-state index is 0.254. The molecule has 0 aliphatic heterocycles. The minimum Gasteiger partial charge on any atom is -0.477 e. The molecule has 0 atom stereocenters. The number of fused-ring (bicyclic) bond motifs is 1. The van der Waals surface area contributed by atoms with Gasteiger partial charge < -0.3 is 10.8 Å². The fourth-order valence-electron chi connectivity index (χ4n) is 1.42. The molecule has 0 bridgehead atoms. The number of rotatable bonds is 1. The van der Waals surface area contributed by atoms with E-state index in [0.29, 0.717) is 11.2 Å². The van der Waals surface area contributed by atoms with Crippen LogP contribution < -0.4 is 5.73 Å². The molecule has 2 aromatic rings. The molecule has 0 amide bonds. The van der Waals surface area contributed by atoms with Gasteiger partial charge in [0.2, 0.25) is 0 Å². The Hall–Kier alpha value is -1.62. The van der Waals surface area contributed by atoms with Gasteiger partial charge in [-0.2, -0.15) is 0 Å². The summed E-state index contributed by atoms with van der Waals surface area (Å²) in [4.78, 5) is 16.0. The first-order valence-electron chi connectivity index (χ1n) is 3.98. The molecule has 4 nitrogen and oxygen atoms in total. The largest absolute Gasteiger partial charge is 0.477 e. The van der Waals surface area contributed by atoms with E-state index in [2.05, 4.69) is 4.98 Å². The molecule has 2 aromatic heterocycles. The third kappa shape index (κ3) is 1.13. The lowest BCUT2D eigenvalue weighted by Gasteiger charge is -1.95. The third-order valence-corrected chi connectivity index (χ3v) is 3.08. The Balaban J connectivity index is 2.91. The highest BCUT2D eigenvalue weighted by Gasteiger charge is 2.16. The maximum Gasteiger partial charge on any atom is 0.348 e. The molecule has 0 aromatic carbocycles. The molecule has 14 heavy (non-hydrogen) atoms. The Morgan fingerprint density at radius 1 is 1.64 bits per heavy atom. The Morgan fingerprint density at radius 3 is 3.00 bits per heavy atom. The highest BCUT2D eigenvalue weighted by atomic mass is 32.1. The van der Waals surface area contributed by atoms with Crippen molar-refractivity contribution in [2.24, 2.45) is 0 Å². The van der Waals surface area contributed by atoms with Gasteiger partial charge in [0, 0.05) is 22.1 Å². The molecular weight excluding hydrogens is 200 g/mol. The maximum absolute atomic E-state index is 10.9. The van der Waals surface area contributed by atoms with Crippen LogP contribution in [0.5, 0.6) is 0 Å². The zero-order valence-corrected chi connectivity index (χ0v) is 8.26. The number of nitrogen functional groups attached to an aromatic ring is 1. The first-order valence-corrected chi connectivity index (χ1v) is 4.79. The normalized spacial score (nSPS) is 10.6. The van der Waals surface area contributed by atoms with Crippen LogP contribution in [0.4, 0.5) is 5.69 Å². The van der Waals surface area contributed by atoms with Crippen molar-refractivity contribution in [1.82, 2.24) is 4.98 Å². The molecule has 0 radical (unpaired) electrons. The van der Waals surface area contributed by atoms with Crippen molar-refractivity contribution in [1.29, 1.82) is 0 Å². The second-order valence-electron chi connectivity index (χ2n) is 2.92. The van der Waals surface area contributed by atoms with Crippen LogP contribution >= 0.6 is 11.3 Å². The highest BCUT2D eigenvalue weighted by Crippen LogP contribution is 2.32. The molecule has 2 rings (SSSR count). The van der Waals surface area contributed by atoms with E-state index in [1.54, 1.807) is 6.07 Å². The van der Waals surface area contributed by atoms with Gasteiger partial charge >= 0.3 is 5.97 Å². The van der Waals surface area contributed by atoms with E-state index in [0.717, 1.165) is 10.3 Å². The van der Waals surface area contributed by atoms with Crippen LogP contribution in [0.25, 0.3) is 10.9 Å². The average Bonchev–Trinajstić information content (AvgIpc) is 2.45. The number of nitrogens with zero attached hydrogens (tertiary/aromatic N) is 1. The fourth-order valence-corrected chi connectivity index (χ4v) is 2.38. The second-order valence-corrected chi connectivity index (χ2v) is 4.14. The summed E-state index contributed by atoms with van der Waals surface area (Å²) in [5.74, 6) is -0.953. The van der Waals surface area contributed by atoms with Gasteiger partial charge in [-0.05, 0) is 13.0 Å². The van der Waals surface area contributed by atoms with Crippen molar-refractivity contribution >= 4 is 33.9 Å². The number of nitrogens with two attached hydrogens (primary N) is 1. The Kier molecular flexibility index (Phi) is 1.89. The lowest BCUT2D eigenvalue weighted by atomic mass is 10.2. The smallest absolute Gasteiger partial charge is 0.348 e. The molecule has 3 N–H and O–H groups in total. The predicted octanol–water partition coefficient (Wildman–Crippen LogP) is 1.89. The van der Waals surface area contributed by atoms with Crippen LogP contribution in [0.3, 0.4) is 0 Å². The zero-order chi connectivity index (χ0) is 10.3. The monoisotopic (exact) mass is 208 g/mol. The third-order valence-electron chi connectivity index (χ3n) is 2.00. The van der Waals surface area contributed by atoms with E-state index in [9.17, 15) is 4.79 Å². The van der Waals surface area contributed by atoms with Crippen LogP contribution in [0.15, 0.2) is 12.3 Å². The molecule has 5 heteroatoms. The molecule has 2 heterocycles. The minimum atomic E-state index is -0.953.